The second-order valence-corrected chi connectivity index (χ2v) is 7.11. The molecule has 5 unspecified atom stereocenters. The largest absolute Gasteiger partial charge is 0.480 e. The number of thioether (sulfide) groups is 1. The number of rotatable bonds is 7. The second kappa shape index (κ2) is 7.72. The van der Waals surface area contributed by atoms with E-state index < -0.39 is 36.6 Å². The summed E-state index contributed by atoms with van der Waals surface area (Å²) in [5.74, 6) is -0.197. The lowest BCUT2D eigenvalue weighted by Crippen LogP contribution is -2.33. The summed E-state index contributed by atoms with van der Waals surface area (Å²) in [5, 5.41) is 37.2. The topological polar surface area (TPSA) is 183 Å². The van der Waals surface area contributed by atoms with Gasteiger partial charge in [0.2, 0.25) is 0 Å². The number of nitrogens with zero attached hydrogens (tertiary/aromatic N) is 4. The van der Waals surface area contributed by atoms with Crippen molar-refractivity contribution in [3.63, 3.8) is 0 Å². The summed E-state index contributed by atoms with van der Waals surface area (Å²) in [7, 11) is 0. The Kier molecular flexibility index (Phi) is 5.58. The highest BCUT2D eigenvalue weighted by atomic mass is 32.2. The average Bonchev–Trinajstić information content (AvgIpc) is 3.15. The minimum Gasteiger partial charge on any atom is -0.480 e. The van der Waals surface area contributed by atoms with Crippen LogP contribution in [0.5, 0.6) is 0 Å². The number of nitrogens with two attached hydrogens (primary N) is 2. The van der Waals surface area contributed by atoms with Crippen LogP contribution in [0.2, 0.25) is 0 Å². The lowest BCUT2D eigenvalue weighted by Gasteiger charge is -2.14. The van der Waals surface area contributed by atoms with E-state index >= 15 is 0 Å². The minimum absolute atomic E-state index is 0.297. The number of aliphatic hydroxyl groups is 2. The number of aliphatic hydroxyl groups excluding tert-OH is 2. The van der Waals surface area contributed by atoms with E-state index in [0.717, 1.165) is 0 Å². The Bertz CT molecular complexity index is 788. The van der Waals surface area contributed by atoms with Crippen molar-refractivity contribution in [2.24, 2.45) is 5.73 Å². The van der Waals surface area contributed by atoms with E-state index in [1.54, 1.807) is 6.07 Å². The summed E-state index contributed by atoms with van der Waals surface area (Å²) in [5.41, 5.74) is 12.4. The first-order chi connectivity index (χ1) is 12.4. The second-order valence-electron chi connectivity index (χ2n) is 5.96. The molecule has 0 saturated carbocycles. The summed E-state index contributed by atoms with van der Waals surface area (Å²) in [4.78, 5) is 14.8. The van der Waals surface area contributed by atoms with Gasteiger partial charge >= 0.3 is 5.97 Å². The maximum absolute atomic E-state index is 10.7. The highest BCUT2D eigenvalue weighted by Crippen LogP contribution is 2.32. The Labute approximate surface area is 152 Å². The van der Waals surface area contributed by atoms with E-state index in [1.165, 1.54) is 22.6 Å². The van der Waals surface area contributed by atoms with E-state index in [0.29, 0.717) is 34.8 Å². The molecule has 0 amide bonds. The first kappa shape index (κ1) is 18.8. The third kappa shape index (κ3) is 3.59. The molecular formula is C14H20N6O5S. The van der Waals surface area contributed by atoms with Gasteiger partial charge in [-0.3, -0.25) is 4.79 Å². The Morgan fingerprint density at radius 2 is 2.19 bits per heavy atom. The molecule has 2 aromatic heterocycles. The van der Waals surface area contributed by atoms with Crippen molar-refractivity contribution >= 4 is 34.6 Å². The number of anilines is 1. The number of ether oxygens (including phenoxy) is 1. The van der Waals surface area contributed by atoms with Gasteiger partial charge in [-0.05, 0) is 18.2 Å². The van der Waals surface area contributed by atoms with Crippen molar-refractivity contribution in [3.8, 4) is 0 Å². The van der Waals surface area contributed by atoms with Crippen molar-refractivity contribution in [1.82, 2.24) is 20.0 Å². The fraction of sp³-hybridized carbons (Fsp3) is 0.571. The van der Waals surface area contributed by atoms with Crippen molar-refractivity contribution < 1.29 is 24.9 Å². The highest BCUT2D eigenvalue weighted by Gasteiger charge is 2.44. The van der Waals surface area contributed by atoms with Crippen LogP contribution in [0.3, 0.4) is 0 Å². The molecule has 3 rings (SSSR count). The number of pyridine rings is 1. The molecule has 2 aromatic rings. The van der Waals surface area contributed by atoms with Crippen LogP contribution in [-0.2, 0) is 9.53 Å². The number of aliphatic carboxylic acids is 1. The van der Waals surface area contributed by atoms with Crippen molar-refractivity contribution in [2.45, 2.75) is 37.0 Å². The predicted molar refractivity (Wildman–Crippen MR) is 93.2 cm³/mol. The summed E-state index contributed by atoms with van der Waals surface area (Å²) in [6.07, 6.45) is -2.14. The van der Waals surface area contributed by atoms with Crippen molar-refractivity contribution in [3.05, 3.63) is 12.3 Å². The van der Waals surface area contributed by atoms with Gasteiger partial charge in [0.1, 0.15) is 18.2 Å². The number of carboxylic acid groups (broad SMARTS) is 1. The predicted octanol–water partition coefficient (Wildman–Crippen LogP) is -1.44. The number of carboxylic acids is 1. The van der Waals surface area contributed by atoms with Crippen LogP contribution in [0.15, 0.2) is 12.3 Å². The van der Waals surface area contributed by atoms with Gasteiger partial charge in [-0.2, -0.15) is 16.4 Å². The van der Waals surface area contributed by atoms with Crippen LogP contribution in [-0.4, -0.2) is 77.1 Å². The molecule has 1 saturated heterocycles. The highest BCUT2D eigenvalue weighted by molar-refractivity contribution is 7.99. The molecule has 1 aliphatic rings. The Morgan fingerprint density at radius 3 is 2.92 bits per heavy atom. The third-order valence-electron chi connectivity index (χ3n) is 4.15. The summed E-state index contributed by atoms with van der Waals surface area (Å²) < 4.78 is 7.04. The Balaban J connectivity index is 1.64. The van der Waals surface area contributed by atoms with Crippen molar-refractivity contribution in [2.75, 3.05) is 17.2 Å². The van der Waals surface area contributed by atoms with Gasteiger partial charge in [0.15, 0.2) is 17.4 Å². The molecule has 0 aliphatic carbocycles. The first-order valence-electron chi connectivity index (χ1n) is 7.93. The van der Waals surface area contributed by atoms with E-state index in [1.807, 2.05) is 0 Å². The van der Waals surface area contributed by atoms with Crippen LogP contribution >= 0.6 is 11.8 Å². The van der Waals surface area contributed by atoms with Gasteiger partial charge < -0.3 is 31.5 Å². The number of carbonyl (C=O) groups is 1. The van der Waals surface area contributed by atoms with Gasteiger partial charge in [0.05, 0.1) is 11.8 Å². The zero-order valence-corrected chi connectivity index (χ0v) is 14.5. The van der Waals surface area contributed by atoms with E-state index in [4.69, 9.17) is 21.3 Å². The van der Waals surface area contributed by atoms with E-state index in [-0.39, 0.29) is 0 Å². The molecule has 0 bridgehead atoms. The fourth-order valence-electron chi connectivity index (χ4n) is 2.64. The fourth-order valence-corrected chi connectivity index (χ4v) is 3.73. The first-order valence-corrected chi connectivity index (χ1v) is 9.08. The van der Waals surface area contributed by atoms with Gasteiger partial charge in [-0.15, -0.1) is 5.10 Å². The molecule has 1 aliphatic heterocycles. The van der Waals surface area contributed by atoms with Crippen LogP contribution < -0.4 is 11.5 Å². The molecule has 142 valence electrons. The van der Waals surface area contributed by atoms with Gasteiger partial charge in [0.25, 0.3) is 0 Å². The third-order valence-corrected chi connectivity index (χ3v) is 5.23. The van der Waals surface area contributed by atoms with Gasteiger partial charge in [0, 0.05) is 11.9 Å². The summed E-state index contributed by atoms with van der Waals surface area (Å²) in [6, 6.07) is 0.664. The number of aromatic nitrogens is 4. The summed E-state index contributed by atoms with van der Waals surface area (Å²) >= 11 is 1.39. The zero-order valence-electron chi connectivity index (χ0n) is 13.7. The standard InChI is InChI=1S/C14H20N6O5S/c15-6-1-3-17-12-9(6)18-19-20(12)13-11(22)10(21)8(25-13)5-26-4-2-7(16)14(23)24/h1,3,7-8,10-11,13,21-22H,2,4-5,16H2,(H2,15,17)(H,23,24). The number of nitrogen functional groups attached to an aromatic ring is 1. The van der Waals surface area contributed by atoms with Crippen molar-refractivity contribution in [1.29, 1.82) is 0 Å². The van der Waals surface area contributed by atoms with Gasteiger partial charge in [-0.1, -0.05) is 5.21 Å². The van der Waals surface area contributed by atoms with Crippen LogP contribution in [0, 0.1) is 0 Å². The SMILES string of the molecule is Nc1ccnc2c1nnn2C1OC(CSCCC(N)C(=O)O)C(O)C1O. The van der Waals surface area contributed by atoms with Gasteiger partial charge in [-0.25, -0.2) is 4.98 Å². The normalized spacial score (nSPS) is 27.0. The lowest BCUT2D eigenvalue weighted by atomic mass is 10.1. The monoisotopic (exact) mass is 384 g/mol. The van der Waals surface area contributed by atoms with Crippen LogP contribution in [0.1, 0.15) is 12.6 Å². The lowest BCUT2D eigenvalue weighted by molar-refractivity contribution is -0.138. The molecule has 3 heterocycles. The summed E-state index contributed by atoms with van der Waals surface area (Å²) in [6.45, 7) is 0. The number of hydrogen-bond donors (Lipinski definition) is 5. The quantitative estimate of drug-likeness (QED) is 0.352. The molecule has 7 N–H and O–H groups in total. The molecule has 5 atom stereocenters. The average molecular weight is 384 g/mol. The maximum Gasteiger partial charge on any atom is 0.320 e. The molecule has 0 aromatic carbocycles. The molecule has 26 heavy (non-hydrogen) atoms. The maximum atomic E-state index is 10.7. The molecule has 11 nitrogen and oxygen atoms in total. The zero-order chi connectivity index (χ0) is 18.8. The molecular weight excluding hydrogens is 364 g/mol. The van der Waals surface area contributed by atoms with Crippen LogP contribution in [0.25, 0.3) is 11.2 Å². The number of fused-ring (bicyclic) bond motifs is 1. The Morgan fingerprint density at radius 1 is 1.42 bits per heavy atom. The van der Waals surface area contributed by atoms with E-state index in [9.17, 15) is 15.0 Å². The van der Waals surface area contributed by atoms with E-state index in [2.05, 4.69) is 15.3 Å². The molecule has 1 fully saturated rings. The molecule has 0 radical (unpaired) electrons. The number of hydrogen-bond acceptors (Lipinski definition) is 10. The smallest absolute Gasteiger partial charge is 0.320 e. The van der Waals surface area contributed by atoms with Crippen LogP contribution in [0.4, 0.5) is 5.69 Å². The minimum atomic E-state index is -1.21. The Hall–Kier alpha value is -1.99. The molecule has 0 spiro atoms. The molecule has 12 heteroatoms.